The maximum Gasteiger partial charge on any atom is 0.243 e. The van der Waals surface area contributed by atoms with Crippen molar-refractivity contribution < 1.29 is 12.8 Å². The number of nitrogen functional groups attached to an aromatic ring is 1. The summed E-state index contributed by atoms with van der Waals surface area (Å²) in [6.45, 7) is 0.405. The van der Waals surface area contributed by atoms with Crippen LogP contribution >= 0.6 is 0 Å². The normalized spacial score (nSPS) is 11.6. The molecular formula is C11H13FN4O2S. The van der Waals surface area contributed by atoms with Crippen molar-refractivity contribution in [1.29, 1.82) is 0 Å². The number of aromatic nitrogens is 2. The van der Waals surface area contributed by atoms with Crippen LogP contribution in [0.15, 0.2) is 41.6 Å². The van der Waals surface area contributed by atoms with Crippen LogP contribution in [0.25, 0.3) is 0 Å². The van der Waals surface area contributed by atoms with Gasteiger partial charge in [-0.1, -0.05) is 12.1 Å². The van der Waals surface area contributed by atoms with E-state index in [1.54, 1.807) is 6.20 Å². The molecule has 0 spiro atoms. The number of nitrogens with one attached hydrogen (secondary N) is 1. The Hall–Kier alpha value is -1.93. The summed E-state index contributed by atoms with van der Waals surface area (Å²) in [6, 6.07) is 5.21. The number of hydrogen-bond donors (Lipinski definition) is 2. The van der Waals surface area contributed by atoms with E-state index in [9.17, 15) is 12.8 Å². The Balaban J connectivity index is 2.01. The summed E-state index contributed by atoms with van der Waals surface area (Å²) in [4.78, 5) is -0.366. The number of anilines is 1. The third-order valence-corrected chi connectivity index (χ3v) is 3.91. The molecule has 0 unspecified atom stereocenters. The molecule has 1 heterocycles. The van der Waals surface area contributed by atoms with Crippen LogP contribution in [0.5, 0.6) is 0 Å². The van der Waals surface area contributed by atoms with Crippen molar-refractivity contribution in [2.24, 2.45) is 0 Å². The van der Waals surface area contributed by atoms with Gasteiger partial charge in [0.2, 0.25) is 10.0 Å². The van der Waals surface area contributed by atoms with Gasteiger partial charge in [0, 0.05) is 12.7 Å². The topological polar surface area (TPSA) is 90.0 Å². The van der Waals surface area contributed by atoms with E-state index in [1.807, 2.05) is 0 Å². The molecular weight excluding hydrogens is 271 g/mol. The Labute approximate surface area is 110 Å². The van der Waals surface area contributed by atoms with Crippen LogP contribution in [0.1, 0.15) is 0 Å². The highest BCUT2D eigenvalue weighted by molar-refractivity contribution is 7.89. The first-order valence-electron chi connectivity index (χ1n) is 5.51. The van der Waals surface area contributed by atoms with Crippen molar-refractivity contribution in [2.75, 3.05) is 12.3 Å². The van der Waals surface area contributed by atoms with Gasteiger partial charge in [-0.15, -0.1) is 0 Å². The van der Waals surface area contributed by atoms with Crippen molar-refractivity contribution in [3.05, 3.63) is 42.5 Å². The molecule has 0 aliphatic heterocycles. The lowest BCUT2D eigenvalue weighted by Gasteiger charge is -2.07. The Morgan fingerprint density at radius 1 is 1.37 bits per heavy atom. The average Bonchev–Trinajstić information content (AvgIpc) is 2.75. The Morgan fingerprint density at radius 3 is 2.74 bits per heavy atom. The molecule has 3 N–H and O–H groups in total. The van der Waals surface area contributed by atoms with Crippen LogP contribution in [0.3, 0.4) is 0 Å². The minimum atomic E-state index is -3.85. The first-order valence-corrected chi connectivity index (χ1v) is 6.99. The van der Waals surface area contributed by atoms with E-state index in [1.165, 1.54) is 29.1 Å². The van der Waals surface area contributed by atoms with Gasteiger partial charge >= 0.3 is 0 Å². The largest absolute Gasteiger partial charge is 0.396 e. The highest BCUT2D eigenvalue weighted by atomic mass is 32.2. The number of nitrogens with zero attached hydrogens (tertiary/aromatic N) is 2. The Bertz CT molecular complexity index is 669. The zero-order valence-corrected chi connectivity index (χ0v) is 10.8. The van der Waals surface area contributed by atoms with Gasteiger partial charge in [0.1, 0.15) is 10.7 Å². The second kappa shape index (κ2) is 5.37. The van der Waals surface area contributed by atoms with Crippen LogP contribution in [-0.2, 0) is 16.6 Å². The number of sulfonamides is 1. The minimum absolute atomic E-state index is 0.0950. The van der Waals surface area contributed by atoms with E-state index in [-0.39, 0.29) is 11.4 Å². The van der Waals surface area contributed by atoms with Gasteiger partial charge in [0.25, 0.3) is 0 Å². The van der Waals surface area contributed by atoms with Gasteiger partial charge in [-0.2, -0.15) is 5.10 Å². The molecule has 102 valence electrons. The fourth-order valence-electron chi connectivity index (χ4n) is 1.54. The number of nitrogens with two attached hydrogens (primary N) is 1. The average molecular weight is 284 g/mol. The van der Waals surface area contributed by atoms with Crippen molar-refractivity contribution >= 4 is 15.7 Å². The molecule has 0 aliphatic rings. The van der Waals surface area contributed by atoms with E-state index in [4.69, 9.17) is 5.73 Å². The van der Waals surface area contributed by atoms with Crippen molar-refractivity contribution in [3.8, 4) is 0 Å². The first kappa shape index (κ1) is 13.5. The van der Waals surface area contributed by atoms with Gasteiger partial charge in [-0.25, -0.2) is 17.5 Å². The summed E-state index contributed by atoms with van der Waals surface area (Å²) < 4.78 is 40.9. The Kier molecular flexibility index (Phi) is 3.82. The maximum absolute atomic E-state index is 13.4. The SMILES string of the molecule is Nc1cnn(CCNS(=O)(=O)c2ccccc2F)c1. The molecule has 0 radical (unpaired) electrons. The molecule has 0 aliphatic carbocycles. The Morgan fingerprint density at radius 2 is 2.11 bits per heavy atom. The lowest BCUT2D eigenvalue weighted by molar-refractivity contribution is 0.545. The number of halogens is 1. The summed E-state index contributed by atoms with van der Waals surface area (Å²) in [6.07, 6.45) is 3.04. The smallest absolute Gasteiger partial charge is 0.243 e. The van der Waals surface area contributed by atoms with E-state index in [0.29, 0.717) is 12.2 Å². The van der Waals surface area contributed by atoms with E-state index < -0.39 is 15.8 Å². The van der Waals surface area contributed by atoms with E-state index in [2.05, 4.69) is 9.82 Å². The van der Waals surface area contributed by atoms with E-state index >= 15 is 0 Å². The summed E-state index contributed by atoms with van der Waals surface area (Å²) >= 11 is 0. The monoisotopic (exact) mass is 284 g/mol. The molecule has 0 fully saturated rings. The molecule has 0 saturated heterocycles. The summed E-state index contributed by atoms with van der Waals surface area (Å²) in [5.41, 5.74) is 5.97. The fraction of sp³-hybridized carbons (Fsp3) is 0.182. The molecule has 0 amide bonds. The second-order valence-electron chi connectivity index (χ2n) is 3.86. The third-order valence-electron chi connectivity index (χ3n) is 2.41. The van der Waals surface area contributed by atoms with Crippen LogP contribution in [0.2, 0.25) is 0 Å². The highest BCUT2D eigenvalue weighted by Crippen LogP contribution is 2.12. The van der Waals surface area contributed by atoms with Gasteiger partial charge in [0.15, 0.2) is 0 Å². The molecule has 8 heteroatoms. The highest BCUT2D eigenvalue weighted by Gasteiger charge is 2.17. The fourth-order valence-corrected chi connectivity index (χ4v) is 2.63. The van der Waals surface area contributed by atoms with Crippen molar-refractivity contribution in [3.63, 3.8) is 0 Å². The van der Waals surface area contributed by atoms with E-state index in [0.717, 1.165) is 6.07 Å². The third kappa shape index (κ3) is 3.30. The molecule has 6 nitrogen and oxygen atoms in total. The van der Waals surface area contributed by atoms with Crippen LogP contribution in [0, 0.1) is 5.82 Å². The summed E-state index contributed by atoms with van der Waals surface area (Å²) in [7, 11) is -3.85. The molecule has 1 aromatic carbocycles. The number of benzene rings is 1. The summed E-state index contributed by atoms with van der Waals surface area (Å²) in [5.74, 6) is -0.779. The number of hydrogen-bond acceptors (Lipinski definition) is 4. The second-order valence-corrected chi connectivity index (χ2v) is 5.60. The predicted octanol–water partition coefficient (Wildman–Crippen LogP) is 0.583. The maximum atomic E-state index is 13.4. The number of rotatable bonds is 5. The summed E-state index contributed by atoms with van der Waals surface area (Å²) in [5, 5.41) is 3.91. The van der Waals surface area contributed by atoms with Gasteiger partial charge in [0.05, 0.1) is 18.4 Å². The van der Waals surface area contributed by atoms with Crippen molar-refractivity contribution in [2.45, 2.75) is 11.4 Å². The predicted molar refractivity (Wildman–Crippen MR) is 68.2 cm³/mol. The minimum Gasteiger partial charge on any atom is -0.396 e. The molecule has 1 aromatic heterocycles. The molecule has 19 heavy (non-hydrogen) atoms. The first-order chi connectivity index (χ1) is 8.99. The zero-order valence-electron chi connectivity index (χ0n) is 9.95. The van der Waals surface area contributed by atoms with Crippen LogP contribution in [0.4, 0.5) is 10.1 Å². The van der Waals surface area contributed by atoms with Crippen LogP contribution in [-0.4, -0.2) is 24.7 Å². The molecule has 0 bridgehead atoms. The lowest BCUT2D eigenvalue weighted by Crippen LogP contribution is -2.28. The molecule has 2 aromatic rings. The standard InChI is InChI=1S/C11H13FN4O2S/c12-10-3-1-2-4-11(10)19(17,18)15-5-6-16-8-9(13)7-14-16/h1-4,7-8,15H,5-6,13H2. The van der Waals surface area contributed by atoms with Crippen LogP contribution < -0.4 is 10.5 Å². The van der Waals surface area contributed by atoms with Crippen molar-refractivity contribution in [1.82, 2.24) is 14.5 Å². The van der Waals surface area contributed by atoms with Gasteiger partial charge in [-0.05, 0) is 12.1 Å². The molecule has 0 saturated carbocycles. The quantitative estimate of drug-likeness (QED) is 0.840. The van der Waals surface area contributed by atoms with Gasteiger partial charge in [-0.3, -0.25) is 4.68 Å². The van der Waals surface area contributed by atoms with Gasteiger partial charge < -0.3 is 5.73 Å². The molecule has 0 atom stereocenters. The zero-order chi connectivity index (χ0) is 13.9. The lowest BCUT2D eigenvalue weighted by atomic mass is 10.4. The molecule has 2 rings (SSSR count).